The van der Waals surface area contributed by atoms with Gasteiger partial charge in [-0.05, 0) is 38.2 Å². The molecule has 0 spiro atoms. The molecule has 0 bridgehead atoms. The van der Waals surface area contributed by atoms with Gasteiger partial charge < -0.3 is 4.74 Å². The summed E-state index contributed by atoms with van der Waals surface area (Å²) < 4.78 is 5.08. The van der Waals surface area contributed by atoms with Crippen LogP contribution in [0.25, 0.3) is 0 Å². The lowest BCUT2D eigenvalue weighted by Crippen LogP contribution is -2.08. The third-order valence-corrected chi connectivity index (χ3v) is 3.54. The van der Waals surface area contributed by atoms with Crippen LogP contribution in [-0.4, -0.2) is 17.4 Å². The van der Waals surface area contributed by atoms with Crippen LogP contribution in [0.1, 0.15) is 45.4 Å². The molecule has 15 heavy (non-hydrogen) atoms. The quantitative estimate of drug-likeness (QED) is 0.445. The summed E-state index contributed by atoms with van der Waals surface area (Å²) in [6.07, 6.45) is 8.16. The molecule has 86 valence electrons. The average Bonchev–Trinajstić information content (AvgIpc) is 2.21. The van der Waals surface area contributed by atoms with Gasteiger partial charge in [-0.3, -0.25) is 4.79 Å². The van der Waals surface area contributed by atoms with E-state index in [2.05, 4.69) is 22.0 Å². The number of esters is 1. The molecular weight excluding hydrogens is 256 g/mol. The van der Waals surface area contributed by atoms with Crippen LogP contribution in [0, 0.1) is 0 Å². The topological polar surface area (TPSA) is 26.3 Å². The lowest BCUT2D eigenvalue weighted by atomic mass is 9.95. The van der Waals surface area contributed by atoms with Gasteiger partial charge in [0.25, 0.3) is 0 Å². The minimum Gasteiger partial charge on any atom is -0.461 e. The number of alkyl halides is 1. The van der Waals surface area contributed by atoms with Gasteiger partial charge in [0.2, 0.25) is 0 Å². The fourth-order valence-electron chi connectivity index (χ4n) is 1.69. The molecule has 2 nitrogen and oxygen atoms in total. The maximum Gasteiger partial charge on any atom is 0.306 e. The van der Waals surface area contributed by atoms with Gasteiger partial charge in [0, 0.05) is 11.2 Å². The average molecular weight is 275 g/mol. The maximum absolute atomic E-state index is 11.1. The van der Waals surface area contributed by atoms with Gasteiger partial charge in [-0.25, -0.2) is 0 Å². The van der Waals surface area contributed by atoms with Crippen molar-refractivity contribution in [3.63, 3.8) is 0 Å². The smallest absolute Gasteiger partial charge is 0.306 e. The van der Waals surface area contributed by atoms with Gasteiger partial charge in [0.05, 0.1) is 0 Å². The van der Waals surface area contributed by atoms with Gasteiger partial charge in [-0.1, -0.05) is 28.4 Å². The van der Waals surface area contributed by atoms with Crippen LogP contribution >= 0.6 is 15.9 Å². The number of ether oxygens (including phenoxy) is 1. The van der Waals surface area contributed by atoms with Gasteiger partial charge >= 0.3 is 5.97 Å². The molecule has 0 saturated heterocycles. The Morgan fingerprint density at radius 1 is 1.53 bits per heavy atom. The third kappa shape index (κ3) is 5.36. The van der Waals surface area contributed by atoms with E-state index in [1.165, 1.54) is 18.4 Å². The van der Waals surface area contributed by atoms with E-state index in [1.54, 1.807) is 0 Å². The van der Waals surface area contributed by atoms with Crippen molar-refractivity contribution >= 4 is 21.9 Å². The second kappa shape index (κ2) is 7.04. The van der Waals surface area contributed by atoms with E-state index in [0.29, 0.717) is 17.9 Å². The summed E-state index contributed by atoms with van der Waals surface area (Å²) in [5, 5.41) is 0. The number of rotatable bonds is 4. The zero-order valence-electron chi connectivity index (χ0n) is 9.30. The predicted octanol–water partition coefficient (Wildman–Crippen LogP) is 3.59. The number of carbonyl (C=O) groups excluding carboxylic acids is 1. The number of carbonyl (C=O) groups is 1. The molecule has 1 aliphatic rings. The Kier molecular flexibility index (Phi) is 5.99. The molecule has 1 fully saturated rings. The van der Waals surface area contributed by atoms with Gasteiger partial charge in [0.1, 0.15) is 6.61 Å². The summed E-state index contributed by atoms with van der Waals surface area (Å²) in [6.45, 7) is 2.44. The van der Waals surface area contributed by atoms with Crippen LogP contribution in [0.5, 0.6) is 0 Å². The molecule has 0 atom stereocenters. The number of allylic oxidation sites excluding steroid dienone is 1. The highest BCUT2D eigenvalue weighted by molar-refractivity contribution is 9.09. The maximum atomic E-state index is 11.1. The first-order valence-electron chi connectivity index (χ1n) is 5.70. The minimum absolute atomic E-state index is 0.0801. The summed E-state index contributed by atoms with van der Waals surface area (Å²) in [5.74, 6) is -0.0801. The first-order chi connectivity index (χ1) is 7.22. The largest absolute Gasteiger partial charge is 0.461 e. The highest BCUT2D eigenvalue weighted by atomic mass is 79.9. The summed E-state index contributed by atoms with van der Waals surface area (Å²) in [6, 6.07) is 0. The molecule has 0 amide bonds. The van der Waals surface area contributed by atoms with Gasteiger partial charge in [-0.15, -0.1) is 0 Å². The van der Waals surface area contributed by atoms with E-state index in [1.807, 2.05) is 6.92 Å². The Labute approximate surface area is 100 Å². The lowest BCUT2D eigenvalue weighted by molar-refractivity contribution is -0.142. The van der Waals surface area contributed by atoms with E-state index in [9.17, 15) is 4.79 Å². The molecule has 1 rings (SSSR count). The van der Waals surface area contributed by atoms with Crippen molar-refractivity contribution in [3.05, 3.63) is 11.6 Å². The Balaban J connectivity index is 2.17. The molecular formula is C12H19BrO2. The van der Waals surface area contributed by atoms with E-state index in [-0.39, 0.29) is 5.97 Å². The molecule has 0 aliphatic heterocycles. The fraction of sp³-hybridized carbons (Fsp3) is 0.750. The SMILES string of the molecule is CCCC(=O)OCC=C1CCC(Br)CC1. The van der Waals surface area contributed by atoms with Crippen molar-refractivity contribution in [2.75, 3.05) is 6.61 Å². The van der Waals surface area contributed by atoms with Crippen molar-refractivity contribution in [1.82, 2.24) is 0 Å². The van der Waals surface area contributed by atoms with Crippen molar-refractivity contribution < 1.29 is 9.53 Å². The van der Waals surface area contributed by atoms with Crippen LogP contribution in [0.15, 0.2) is 11.6 Å². The molecule has 0 aromatic rings. The summed E-state index contributed by atoms with van der Waals surface area (Å²) in [5.41, 5.74) is 1.44. The van der Waals surface area contributed by atoms with Crippen LogP contribution in [0.4, 0.5) is 0 Å². The summed E-state index contributed by atoms with van der Waals surface area (Å²) >= 11 is 3.62. The number of hydrogen-bond acceptors (Lipinski definition) is 2. The zero-order valence-corrected chi connectivity index (χ0v) is 10.9. The summed E-state index contributed by atoms with van der Waals surface area (Å²) in [7, 11) is 0. The molecule has 0 aromatic heterocycles. The molecule has 1 saturated carbocycles. The Hall–Kier alpha value is -0.310. The van der Waals surface area contributed by atoms with Crippen LogP contribution < -0.4 is 0 Å². The zero-order chi connectivity index (χ0) is 11.1. The van der Waals surface area contributed by atoms with Crippen LogP contribution in [0.3, 0.4) is 0 Å². The minimum atomic E-state index is -0.0801. The van der Waals surface area contributed by atoms with Crippen molar-refractivity contribution in [2.24, 2.45) is 0 Å². The molecule has 0 unspecified atom stereocenters. The molecule has 3 heteroatoms. The molecule has 0 aromatic carbocycles. The Morgan fingerprint density at radius 2 is 2.20 bits per heavy atom. The Bertz CT molecular complexity index is 226. The lowest BCUT2D eigenvalue weighted by Gasteiger charge is -2.18. The highest BCUT2D eigenvalue weighted by Crippen LogP contribution is 2.27. The number of halogens is 1. The van der Waals surface area contributed by atoms with E-state index < -0.39 is 0 Å². The summed E-state index contributed by atoms with van der Waals surface area (Å²) in [4.78, 5) is 11.8. The second-order valence-electron chi connectivity index (χ2n) is 3.97. The van der Waals surface area contributed by atoms with E-state index in [4.69, 9.17) is 4.74 Å². The van der Waals surface area contributed by atoms with Crippen LogP contribution in [-0.2, 0) is 9.53 Å². The standard InChI is InChI=1S/C12H19BrO2/c1-2-3-12(14)15-9-8-10-4-6-11(13)7-5-10/h8,11H,2-7,9H2,1H3. The van der Waals surface area contributed by atoms with Crippen molar-refractivity contribution in [1.29, 1.82) is 0 Å². The molecule has 0 heterocycles. The monoisotopic (exact) mass is 274 g/mol. The first kappa shape index (κ1) is 12.8. The third-order valence-electron chi connectivity index (χ3n) is 2.63. The van der Waals surface area contributed by atoms with E-state index >= 15 is 0 Å². The number of hydrogen-bond donors (Lipinski definition) is 0. The van der Waals surface area contributed by atoms with Crippen molar-refractivity contribution in [3.8, 4) is 0 Å². The van der Waals surface area contributed by atoms with Gasteiger partial charge in [-0.2, -0.15) is 0 Å². The molecule has 1 aliphatic carbocycles. The first-order valence-corrected chi connectivity index (χ1v) is 6.61. The second-order valence-corrected chi connectivity index (χ2v) is 5.26. The van der Waals surface area contributed by atoms with Crippen molar-refractivity contribution in [2.45, 2.75) is 50.3 Å². The van der Waals surface area contributed by atoms with Crippen LogP contribution in [0.2, 0.25) is 0 Å². The normalized spacial score (nSPS) is 21.2. The van der Waals surface area contributed by atoms with E-state index in [0.717, 1.165) is 19.3 Å². The molecule has 0 N–H and O–H groups in total. The molecule has 0 radical (unpaired) electrons. The fourth-order valence-corrected chi connectivity index (χ4v) is 2.14. The van der Waals surface area contributed by atoms with Gasteiger partial charge in [0.15, 0.2) is 0 Å². The predicted molar refractivity (Wildman–Crippen MR) is 65.1 cm³/mol. The Morgan fingerprint density at radius 3 is 2.80 bits per heavy atom. The highest BCUT2D eigenvalue weighted by Gasteiger charge is 2.13.